The molecule has 0 unspecified atom stereocenters. The molecule has 1 fully saturated rings. The number of hydrogen-bond acceptors (Lipinski definition) is 5. The van der Waals surface area contributed by atoms with Crippen LogP contribution in [-0.4, -0.2) is 24.6 Å². The number of hydrogen-bond donors (Lipinski definition) is 1. The molecule has 1 aliphatic rings. The molecule has 0 aliphatic heterocycles. The summed E-state index contributed by atoms with van der Waals surface area (Å²) < 4.78 is 34.4. The van der Waals surface area contributed by atoms with Crippen LogP contribution in [0.4, 0.5) is 0 Å². The molecule has 140 valence electrons. The average molecular weight is 448 g/mol. The van der Waals surface area contributed by atoms with Crippen LogP contribution >= 0.6 is 15.9 Å². The first kappa shape index (κ1) is 18.3. The van der Waals surface area contributed by atoms with E-state index in [9.17, 15) is 8.42 Å². The average Bonchev–Trinajstić information content (AvgIpc) is 2.99. The van der Waals surface area contributed by atoms with Gasteiger partial charge in [0, 0.05) is 16.1 Å². The van der Waals surface area contributed by atoms with E-state index < -0.39 is 10.0 Å². The van der Waals surface area contributed by atoms with Gasteiger partial charge in [-0.25, -0.2) is 13.1 Å². The van der Waals surface area contributed by atoms with Gasteiger partial charge in [0.1, 0.15) is 0 Å². The van der Waals surface area contributed by atoms with E-state index in [1.54, 1.807) is 30.3 Å². The van der Waals surface area contributed by atoms with Gasteiger partial charge in [-0.15, -0.1) is 0 Å². The molecule has 3 aromatic rings. The first-order valence-electron chi connectivity index (χ1n) is 8.46. The highest BCUT2D eigenvalue weighted by Crippen LogP contribution is 2.58. The van der Waals surface area contributed by atoms with Gasteiger partial charge >= 0.3 is 0 Å². The van der Waals surface area contributed by atoms with Crippen LogP contribution in [0.3, 0.4) is 0 Å². The zero-order chi connectivity index (χ0) is 19.2. The Morgan fingerprint density at radius 2 is 1.85 bits per heavy atom. The number of rotatable bonds is 5. The van der Waals surface area contributed by atoms with Crippen molar-refractivity contribution in [3.8, 4) is 11.4 Å². The molecule has 6 nitrogen and oxygen atoms in total. The monoisotopic (exact) mass is 447 g/mol. The van der Waals surface area contributed by atoms with Gasteiger partial charge in [-0.2, -0.15) is 4.98 Å². The Bertz CT molecular complexity index is 1080. The van der Waals surface area contributed by atoms with Gasteiger partial charge in [0.25, 0.3) is 0 Å². The number of nitrogens with zero attached hydrogens (tertiary/aromatic N) is 2. The zero-order valence-electron chi connectivity index (χ0n) is 14.8. The highest BCUT2D eigenvalue weighted by Gasteiger charge is 2.63. The normalized spacial score (nSPS) is 21.1. The van der Waals surface area contributed by atoms with E-state index in [1.807, 2.05) is 38.1 Å². The predicted molar refractivity (Wildman–Crippen MR) is 105 cm³/mol. The van der Waals surface area contributed by atoms with Crippen LogP contribution in [0.15, 0.2) is 68.5 Å². The van der Waals surface area contributed by atoms with Crippen LogP contribution in [-0.2, 0) is 10.0 Å². The Morgan fingerprint density at radius 1 is 1.11 bits per heavy atom. The van der Waals surface area contributed by atoms with E-state index in [2.05, 4.69) is 30.8 Å². The number of sulfonamides is 1. The van der Waals surface area contributed by atoms with E-state index >= 15 is 0 Å². The van der Waals surface area contributed by atoms with Crippen molar-refractivity contribution < 1.29 is 12.9 Å². The van der Waals surface area contributed by atoms with Gasteiger partial charge in [0.2, 0.25) is 21.7 Å². The minimum absolute atomic E-state index is 0.176. The minimum atomic E-state index is -3.61. The largest absolute Gasteiger partial charge is 0.339 e. The molecule has 1 saturated carbocycles. The van der Waals surface area contributed by atoms with Crippen LogP contribution < -0.4 is 4.72 Å². The summed E-state index contributed by atoms with van der Waals surface area (Å²) in [7, 11) is -3.61. The first-order valence-corrected chi connectivity index (χ1v) is 10.7. The zero-order valence-corrected chi connectivity index (χ0v) is 17.2. The van der Waals surface area contributed by atoms with Gasteiger partial charge in [-0.05, 0) is 29.7 Å². The van der Waals surface area contributed by atoms with E-state index in [1.165, 1.54) is 0 Å². The lowest BCUT2D eigenvalue weighted by Crippen LogP contribution is -2.29. The minimum Gasteiger partial charge on any atom is -0.339 e. The standard InChI is InChI=1S/C19H18BrN3O3S/c1-19(2)15(16(19)23-27(24,25)14-9-4-3-5-10-14)18-21-17(22-26-18)12-7-6-8-13(20)11-12/h3-11,15-16,23H,1-2H3/t15-,16-/m1/s1. The Hall–Kier alpha value is -2.03. The second-order valence-electron chi connectivity index (χ2n) is 7.18. The van der Waals surface area contributed by atoms with Crippen LogP contribution in [0.2, 0.25) is 0 Å². The molecule has 2 aromatic carbocycles. The van der Waals surface area contributed by atoms with E-state index in [0.29, 0.717) is 11.7 Å². The topological polar surface area (TPSA) is 85.1 Å². The van der Waals surface area contributed by atoms with Crippen molar-refractivity contribution in [2.24, 2.45) is 5.41 Å². The number of benzene rings is 2. The van der Waals surface area contributed by atoms with E-state index in [0.717, 1.165) is 10.0 Å². The molecule has 27 heavy (non-hydrogen) atoms. The Balaban J connectivity index is 1.57. The second kappa shape index (κ2) is 6.54. The van der Waals surface area contributed by atoms with Crippen molar-refractivity contribution in [1.82, 2.24) is 14.9 Å². The molecule has 0 saturated heterocycles. The SMILES string of the molecule is CC1(C)[C@H](NS(=O)(=O)c2ccccc2)[C@@H]1c1nc(-c2cccc(Br)c2)no1. The number of halogens is 1. The molecule has 1 aromatic heterocycles. The summed E-state index contributed by atoms with van der Waals surface area (Å²) in [5.41, 5.74) is 0.516. The van der Waals surface area contributed by atoms with Gasteiger partial charge in [-0.3, -0.25) is 0 Å². The van der Waals surface area contributed by atoms with Gasteiger partial charge in [0.15, 0.2) is 0 Å². The molecular weight excluding hydrogens is 430 g/mol. The summed E-state index contributed by atoms with van der Waals surface area (Å²) in [4.78, 5) is 4.74. The molecule has 1 heterocycles. The van der Waals surface area contributed by atoms with E-state index in [-0.39, 0.29) is 22.3 Å². The third-order valence-electron chi connectivity index (χ3n) is 4.95. The molecular formula is C19H18BrN3O3S. The third-order valence-corrected chi connectivity index (χ3v) is 6.90. The molecule has 8 heteroatoms. The molecule has 1 aliphatic carbocycles. The fraction of sp³-hybridized carbons (Fsp3) is 0.263. The quantitative estimate of drug-likeness (QED) is 0.639. The van der Waals surface area contributed by atoms with Crippen LogP contribution in [0, 0.1) is 5.41 Å². The highest BCUT2D eigenvalue weighted by molar-refractivity contribution is 9.10. The van der Waals surface area contributed by atoms with Crippen molar-refractivity contribution in [3.63, 3.8) is 0 Å². The highest BCUT2D eigenvalue weighted by atomic mass is 79.9. The van der Waals surface area contributed by atoms with Crippen molar-refractivity contribution in [3.05, 3.63) is 65.0 Å². The fourth-order valence-corrected chi connectivity index (χ4v) is 5.08. The summed E-state index contributed by atoms with van der Waals surface area (Å²) in [6.07, 6.45) is 0. The number of aromatic nitrogens is 2. The van der Waals surface area contributed by atoms with Gasteiger partial charge in [0.05, 0.1) is 10.8 Å². The number of nitrogens with one attached hydrogen (secondary N) is 1. The lowest BCUT2D eigenvalue weighted by molar-refractivity contribution is 0.368. The molecule has 0 radical (unpaired) electrons. The summed E-state index contributed by atoms with van der Waals surface area (Å²) in [5.74, 6) is 0.749. The molecule has 2 atom stereocenters. The Labute approximate surface area is 166 Å². The third kappa shape index (κ3) is 3.44. The maximum atomic E-state index is 12.6. The van der Waals surface area contributed by atoms with Crippen LogP contribution in [0.5, 0.6) is 0 Å². The molecule has 0 bridgehead atoms. The smallest absolute Gasteiger partial charge is 0.240 e. The van der Waals surface area contributed by atoms with Crippen molar-refractivity contribution in [2.45, 2.75) is 30.7 Å². The lowest BCUT2D eigenvalue weighted by atomic mass is 10.1. The molecule has 0 amide bonds. The Morgan fingerprint density at radius 3 is 2.56 bits per heavy atom. The van der Waals surface area contributed by atoms with Crippen molar-refractivity contribution in [1.29, 1.82) is 0 Å². The molecule has 4 rings (SSSR count). The molecule has 0 spiro atoms. The summed E-state index contributed by atoms with van der Waals surface area (Å²) in [6, 6.07) is 15.6. The lowest BCUT2D eigenvalue weighted by Gasteiger charge is -2.07. The summed E-state index contributed by atoms with van der Waals surface area (Å²) >= 11 is 3.43. The van der Waals surface area contributed by atoms with Crippen LogP contribution in [0.1, 0.15) is 25.7 Å². The second-order valence-corrected chi connectivity index (χ2v) is 9.81. The predicted octanol–water partition coefficient (Wildman–Crippen LogP) is 3.97. The first-order chi connectivity index (χ1) is 12.8. The molecule has 1 N–H and O–H groups in total. The maximum Gasteiger partial charge on any atom is 0.240 e. The van der Waals surface area contributed by atoms with Crippen molar-refractivity contribution in [2.75, 3.05) is 0 Å². The maximum absolute atomic E-state index is 12.6. The van der Waals surface area contributed by atoms with Crippen LogP contribution in [0.25, 0.3) is 11.4 Å². The fourth-order valence-electron chi connectivity index (χ4n) is 3.26. The summed E-state index contributed by atoms with van der Waals surface area (Å²) in [5, 5.41) is 4.06. The van der Waals surface area contributed by atoms with Gasteiger partial charge < -0.3 is 4.52 Å². The van der Waals surface area contributed by atoms with Crippen molar-refractivity contribution >= 4 is 26.0 Å². The van der Waals surface area contributed by atoms with E-state index in [4.69, 9.17) is 4.52 Å². The summed E-state index contributed by atoms with van der Waals surface area (Å²) in [6.45, 7) is 3.97. The van der Waals surface area contributed by atoms with Gasteiger partial charge in [-0.1, -0.05) is 65.3 Å². The Kier molecular flexibility index (Phi) is 4.44.